The largest absolute Gasteiger partial charge is 0.481 e. The van der Waals surface area contributed by atoms with Crippen molar-refractivity contribution >= 4 is 17.8 Å². The van der Waals surface area contributed by atoms with E-state index in [4.69, 9.17) is 5.11 Å². The van der Waals surface area contributed by atoms with Crippen LogP contribution < -0.4 is 5.32 Å². The number of esters is 1. The first kappa shape index (κ1) is 15.9. The van der Waals surface area contributed by atoms with Gasteiger partial charge in [0.2, 0.25) is 0 Å². The molecule has 1 heterocycles. The van der Waals surface area contributed by atoms with Crippen molar-refractivity contribution in [3.05, 3.63) is 23.4 Å². The molecular weight excluding hydrogens is 260 g/mol. The zero-order valence-electron chi connectivity index (χ0n) is 12.0. The summed E-state index contributed by atoms with van der Waals surface area (Å²) in [4.78, 5) is 26.7. The standard InChI is InChI=1S/C14H20N2O4/c1-4-5-10(13(17)18)8-15-12-7-6-11(9(2)16-12)14(19)20-3/h6-7,10H,4-5,8H2,1-3H3,(H,15,16)(H,17,18). The van der Waals surface area contributed by atoms with Crippen molar-refractivity contribution in [2.45, 2.75) is 26.7 Å². The predicted octanol–water partition coefficient (Wildman–Crippen LogP) is 2.09. The summed E-state index contributed by atoms with van der Waals surface area (Å²) in [6.45, 7) is 3.97. The van der Waals surface area contributed by atoms with Gasteiger partial charge in [-0.15, -0.1) is 0 Å². The average molecular weight is 280 g/mol. The normalized spacial score (nSPS) is 11.8. The summed E-state index contributed by atoms with van der Waals surface area (Å²) in [7, 11) is 1.32. The number of ether oxygens (including phenoxy) is 1. The van der Waals surface area contributed by atoms with Gasteiger partial charge in [0.05, 0.1) is 24.3 Å². The van der Waals surface area contributed by atoms with Crippen LogP contribution in [0, 0.1) is 12.8 Å². The number of nitrogens with zero attached hydrogens (tertiary/aromatic N) is 1. The number of aromatic nitrogens is 1. The molecule has 1 atom stereocenters. The van der Waals surface area contributed by atoms with Crippen molar-refractivity contribution in [1.29, 1.82) is 0 Å². The molecule has 0 aliphatic carbocycles. The topological polar surface area (TPSA) is 88.5 Å². The maximum Gasteiger partial charge on any atom is 0.339 e. The van der Waals surface area contributed by atoms with Gasteiger partial charge in [0, 0.05) is 6.54 Å². The third kappa shape index (κ3) is 4.22. The van der Waals surface area contributed by atoms with E-state index in [0.29, 0.717) is 30.0 Å². The number of rotatable bonds is 7. The van der Waals surface area contributed by atoms with E-state index in [1.54, 1.807) is 19.1 Å². The lowest BCUT2D eigenvalue weighted by Gasteiger charge is -2.13. The fourth-order valence-electron chi connectivity index (χ4n) is 1.87. The summed E-state index contributed by atoms with van der Waals surface area (Å²) < 4.78 is 4.64. The van der Waals surface area contributed by atoms with Crippen molar-refractivity contribution < 1.29 is 19.4 Å². The minimum atomic E-state index is -0.817. The Hall–Kier alpha value is -2.11. The number of carbonyl (C=O) groups excluding carboxylic acids is 1. The van der Waals surface area contributed by atoms with Gasteiger partial charge in [-0.1, -0.05) is 13.3 Å². The molecule has 1 aromatic heterocycles. The quantitative estimate of drug-likeness (QED) is 0.743. The Morgan fingerprint density at radius 2 is 2.15 bits per heavy atom. The third-order valence-corrected chi connectivity index (χ3v) is 3.01. The maximum atomic E-state index is 11.4. The molecule has 0 aliphatic rings. The lowest BCUT2D eigenvalue weighted by Crippen LogP contribution is -2.23. The molecule has 0 bridgehead atoms. The summed E-state index contributed by atoms with van der Waals surface area (Å²) in [5.41, 5.74) is 0.950. The number of carboxylic acids is 1. The highest BCUT2D eigenvalue weighted by molar-refractivity contribution is 5.90. The zero-order valence-corrected chi connectivity index (χ0v) is 12.0. The number of nitrogens with one attached hydrogen (secondary N) is 1. The van der Waals surface area contributed by atoms with E-state index in [2.05, 4.69) is 15.0 Å². The summed E-state index contributed by atoms with van der Waals surface area (Å²) in [5, 5.41) is 12.1. The molecule has 0 saturated heterocycles. The summed E-state index contributed by atoms with van der Waals surface area (Å²) in [6.07, 6.45) is 1.42. The van der Waals surface area contributed by atoms with E-state index >= 15 is 0 Å². The Morgan fingerprint density at radius 3 is 2.65 bits per heavy atom. The molecule has 20 heavy (non-hydrogen) atoms. The summed E-state index contributed by atoms with van der Waals surface area (Å²) >= 11 is 0. The van der Waals surface area contributed by atoms with Crippen molar-refractivity contribution in [2.24, 2.45) is 5.92 Å². The highest BCUT2D eigenvalue weighted by atomic mass is 16.5. The number of aryl methyl sites for hydroxylation is 1. The minimum Gasteiger partial charge on any atom is -0.481 e. The van der Waals surface area contributed by atoms with Crippen LogP contribution in [0.15, 0.2) is 12.1 Å². The first-order chi connectivity index (χ1) is 9.49. The average Bonchev–Trinajstić information content (AvgIpc) is 2.42. The van der Waals surface area contributed by atoms with Gasteiger partial charge >= 0.3 is 11.9 Å². The molecule has 110 valence electrons. The van der Waals surface area contributed by atoms with Gasteiger partial charge in [-0.2, -0.15) is 0 Å². The van der Waals surface area contributed by atoms with Crippen molar-refractivity contribution in [3.8, 4) is 0 Å². The number of hydrogen-bond donors (Lipinski definition) is 2. The maximum absolute atomic E-state index is 11.4. The Balaban J connectivity index is 2.72. The fourth-order valence-corrected chi connectivity index (χ4v) is 1.87. The molecule has 1 unspecified atom stereocenters. The first-order valence-electron chi connectivity index (χ1n) is 6.52. The Morgan fingerprint density at radius 1 is 1.45 bits per heavy atom. The SMILES string of the molecule is CCCC(CNc1ccc(C(=O)OC)c(C)n1)C(=O)O. The van der Waals surface area contributed by atoms with Crippen molar-refractivity contribution in [2.75, 3.05) is 19.0 Å². The van der Waals surface area contributed by atoms with Gasteiger partial charge in [0.1, 0.15) is 5.82 Å². The van der Waals surface area contributed by atoms with Crippen LogP contribution in [-0.4, -0.2) is 35.7 Å². The molecule has 2 N–H and O–H groups in total. The second-order valence-corrected chi connectivity index (χ2v) is 4.53. The molecule has 0 fully saturated rings. The van der Waals surface area contributed by atoms with Gasteiger partial charge in [0.25, 0.3) is 0 Å². The predicted molar refractivity (Wildman–Crippen MR) is 74.8 cm³/mol. The molecule has 6 nitrogen and oxygen atoms in total. The number of anilines is 1. The number of hydrogen-bond acceptors (Lipinski definition) is 5. The minimum absolute atomic E-state index is 0.313. The summed E-state index contributed by atoms with van der Waals surface area (Å²) in [5.74, 6) is -1.14. The van der Waals surface area contributed by atoms with Crippen molar-refractivity contribution in [3.63, 3.8) is 0 Å². The monoisotopic (exact) mass is 280 g/mol. The fraction of sp³-hybridized carbons (Fsp3) is 0.500. The van der Waals surface area contributed by atoms with Crippen LogP contribution >= 0.6 is 0 Å². The van der Waals surface area contributed by atoms with E-state index in [1.165, 1.54) is 7.11 Å². The van der Waals surface area contributed by atoms with Gasteiger partial charge in [0.15, 0.2) is 0 Å². The number of carboxylic acid groups (broad SMARTS) is 1. The smallest absolute Gasteiger partial charge is 0.339 e. The molecular formula is C14H20N2O4. The highest BCUT2D eigenvalue weighted by Crippen LogP contribution is 2.13. The Labute approximate surface area is 118 Å². The van der Waals surface area contributed by atoms with Crippen LogP contribution in [0.2, 0.25) is 0 Å². The van der Waals surface area contributed by atoms with Crippen LogP contribution in [0.25, 0.3) is 0 Å². The van der Waals surface area contributed by atoms with Crippen LogP contribution in [0.3, 0.4) is 0 Å². The van der Waals surface area contributed by atoms with E-state index in [-0.39, 0.29) is 0 Å². The number of carbonyl (C=O) groups is 2. The van der Waals surface area contributed by atoms with Crippen LogP contribution in [0.1, 0.15) is 35.8 Å². The van der Waals surface area contributed by atoms with Gasteiger partial charge in [-0.3, -0.25) is 4.79 Å². The van der Waals surface area contributed by atoms with Crippen LogP contribution in [-0.2, 0) is 9.53 Å². The van der Waals surface area contributed by atoms with Gasteiger partial charge in [-0.05, 0) is 25.5 Å². The second-order valence-electron chi connectivity index (χ2n) is 4.53. The molecule has 0 aliphatic heterocycles. The van der Waals surface area contributed by atoms with E-state index in [9.17, 15) is 9.59 Å². The zero-order chi connectivity index (χ0) is 15.1. The molecule has 0 saturated carbocycles. The number of pyridine rings is 1. The lowest BCUT2D eigenvalue weighted by atomic mass is 10.0. The number of methoxy groups -OCH3 is 1. The summed E-state index contributed by atoms with van der Waals surface area (Å²) in [6, 6.07) is 3.26. The van der Waals surface area contributed by atoms with Gasteiger partial charge < -0.3 is 15.2 Å². The second kappa shape index (κ2) is 7.47. The van der Waals surface area contributed by atoms with E-state index in [0.717, 1.165) is 6.42 Å². The van der Waals surface area contributed by atoms with Gasteiger partial charge in [-0.25, -0.2) is 9.78 Å². The Bertz CT molecular complexity index is 488. The van der Waals surface area contributed by atoms with Crippen molar-refractivity contribution in [1.82, 2.24) is 4.98 Å². The van der Waals surface area contributed by atoms with E-state index < -0.39 is 17.9 Å². The first-order valence-corrected chi connectivity index (χ1v) is 6.52. The third-order valence-electron chi connectivity index (χ3n) is 3.01. The molecule has 0 spiro atoms. The van der Waals surface area contributed by atoms with E-state index in [1.807, 2.05) is 6.92 Å². The molecule has 1 aromatic rings. The Kier molecular flexibility index (Phi) is 5.96. The molecule has 0 radical (unpaired) electrons. The molecule has 1 rings (SSSR count). The van der Waals surface area contributed by atoms with Crippen LogP contribution in [0.4, 0.5) is 5.82 Å². The highest BCUT2D eigenvalue weighted by Gasteiger charge is 2.16. The van der Waals surface area contributed by atoms with Crippen LogP contribution in [0.5, 0.6) is 0 Å². The molecule has 0 amide bonds. The number of aliphatic carboxylic acids is 1. The molecule has 0 aromatic carbocycles. The molecule has 6 heteroatoms. The lowest BCUT2D eigenvalue weighted by molar-refractivity contribution is -0.141.